The normalized spacial score (nSPS) is 0. The van der Waals surface area contributed by atoms with Gasteiger partial charge in [-0.3, -0.25) is 0 Å². The van der Waals surface area contributed by atoms with E-state index in [9.17, 15) is 0 Å². The van der Waals surface area contributed by atoms with Crippen LogP contribution >= 0.6 is 0 Å². The van der Waals surface area contributed by atoms with Gasteiger partial charge in [0.2, 0.25) is 0 Å². The van der Waals surface area contributed by atoms with E-state index in [4.69, 9.17) is 0 Å². The van der Waals surface area contributed by atoms with E-state index in [1.807, 2.05) is 0 Å². The summed E-state index contributed by atoms with van der Waals surface area (Å²) in [7, 11) is 0. The van der Waals surface area contributed by atoms with Crippen molar-refractivity contribution in [2.24, 2.45) is 0 Å². The van der Waals surface area contributed by atoms with E-state index in [0.717, 1.165) is 0 Å². The molecule has 0 unspecified atom stereocenters. The standard InChI is InChI=1S/Bi.Co.In.Sb.Sn.11H. The predicted molar refractivity (Wildman–Crippen MR) is 38.4 cm³/mol. The van der Waals surface area contributed by atoms with Crippen molar-refractivity contribution in [2.45, 2.75) is 0 Å². The van der Waals surface area contributed by atoms with Crippen LogP contribution in [-0.4, -0.2) is 100 Å². The van der Waals surface area contributed by atoms with Gasteiger partial charge in [-0.25, -0.2) is 0 Å². The van der Waals surface area contributed by atoms with Gasteiger partial charge in [0.15, 0.2) is 0 Å². The Bertz CT molecular complexity index is 11.6. The fourth-order valence-corrected chi connectivity index (χ4v) is 0. The molecule has 0 aromatic heterocycles. The van der Waals surface area contributed by atoms with Crippen LogP contribution in [0.2, 0.25) is 0 Å². The Balaban J connectivity index is 0. The van der Waals surface area contributed by atoms with E-state index < -0.39 is 0 Å². The predicted octanol–water partition coefficient (Wildman–Crippen LogP) is -4.47. The van der Waals surface area contributed by atoms with Gasteiger partial charge in [0.1, 0.15) is 0 Å². The van der Waals surface area contributed by atoms with Gasteiger partial charge in [0.05, 0.1) is 0 Å². The van der Waals surface area contributed by atoms with Crippen LogP contribution < -0.4 is 0 Å². The first kappa shape index (κ1) is 36.6. The summed E-state index contributed by atoms with van der Waals surface area (Å²) in [5.41, 5.74) is 0. The molecule has 0 fully saturated rings. The SMILES string of the molecule is [BiH3].[Co].[InH3].[SbH3].[SnH2]. The Morgan fingerprint density at radius 2 is 1.00 bits per heavy atom. The second-order valence-corrected chi connectivity index (χ2v) is 0. The Morgan fingerprint density at radius 1 is 1.00 bits per heavy atom. The molecule has 0 aromatic carbocycles. The molecule has 5 heteroatoms. The summed E-state index contributed by atoms with van der Waals surface area (Å²) in [6.07, 6.45) is 0. The van der Waals surface area contributed by atoms with E-state index in [1.165, 1.54) is 0 Å². The molecule has 3 radical (unpaired) electrons. The van der Waals surface area contributed by atoms with Gasteiger partial charge in [-0.2, -0.15) is 0 Å². The Labute approximate surface area is 114 Å². The van der Waals surface area contributed by atoms with Crippen LogP contribution in [-0.2, 0) is 16.8 Å². The van der Waals surface area contributed by atoms with Crippen LogP contribution in [0.4, 0.5) is 0 Å². The topological polar surface area (TPSA) is 0 Å². The zero-order valence-electron chi connectivity index (χ0n) is 2.45. The third kappa shape index (κ3) is 18.1. The second-order valence-electron chi connectivity index (χ2n) is 0. The molecule has 0 amide bonds. The first-order valence-electron chi connectivity index (χ1n) is 0. The van der Waals surface area contributed by atoms with Gasteiger partial charge >= 0.3 is 100 Å². The Kier molecular flexibility index (Phi) is 182. The van der Waals surface area contributed by atoms with Gasteiger partial charge in [-0.15, -0.1) is 0 Å². The number of hydrogen-bond donors (Lipinski definition) is 0. The fraction of sp³-hybridized carbons (Fsp3) is 0. The van der Waals surface area contributed by atoms with Crippen LogP contribution in [0, 0.1) is 0 Å². The van der Waals surface area contributed by atoms with Crippen molar-refractivity contribution in [1.82, 2.24) is 0 Å². The van der Waals surface area contributed by atoms with Crippen LogP contribution in [0.1, 0.15) is 0 Å². The average molecular weight is 634 g/mol. The summed E-state index contributed by atoms with van der Waals surface area (Å²) in [6.45, 7) is 0. The molecular weight excluding hydrogens is 623 g/mol. The second kappa shape index (κ2) is 24.8. The summed E-state index contributed by atoms with van der Waals surface area (Å²) in [4.78, 5) is 0. The summed E-state index contributed by atoms with van der Waals surface area (Å²) < 4.78 is 0. The van der Waals surface area contributed by atoms with E-state index in [0.29, 0.717) is 0 Å². The van der Waals surface area contributed by atoms with Crippen molar-refractivity contribution in [3.63, 3.8) is 0 Å². The molecule has 0 saturated heterocycles. The molecule has 0 aliphatic heterocycles. The summed E-state index contributed by atoms with van der Waals surface area (Å²) in [6, 6.07) is 0. The molecule has 0 aromatic rings. The molecule has 0 bridgehead atoms. The van der Waals surface area contributed by atoms with Crippen molar-refractivity contribution in [3.05, 3.63) is 0 Å². The maximum absolute atomic E-state index is 0. The molecule has 0 nitrogen and oxygen atoms in total. The van der Waals surface area contributed by atoms with Gasteiger partial charge in [-0.1, -0.05) is 0 Å². The molecule has 0 spiro atoms. The molecule has 0 N–H and O–H groups in total. The van der Waals surface area contributed by atoms with Crippen molar-refractivity contribution < 1.29 is 16.8 Å². The van der Waals surface area contributed by atoms with E-state index in [-0.39, 0.29) is 117 Å². The quantitative estimate of drug-likeness (QED) is 0.236. The number of rotatable bonds is 0. The fourth-order valence-electron chi connectivity index (χ4n) is 0. The van der Waals surface area contributed by atoms with E-state index >= 15 is 0 Å². The van der Waals surface area contributed by atoms with Gasteiger partial charge in [0.25, 0.3) is 0 Å². The minimum atomic E-state index is 0. The maximum atomic E-state index is 0. The van der Waals surface area contributed by atoms with Crippen LogP contribution in [0.5, 0.6) is 0 Å². The molecular formula is H11BiCoInSbSn. The van der Waals surface area contributed by atoms with Crippen molar-refractivity contribution in [1.29, 1.82) is 0 Å². The average Bonchev–Trinajstić information content (AvgIpc) is 0. The first-order valence-corrected chi connectivity index (χ1v) is 0. The summed E-state index contributed by atoms with van der Waals surface area (Å²) in [5, 5.41) is 0. The van der Waals surface area contributed by atoms with E-state index in [1.54, 1.807) is 0 Å². The number of hydrogen-bond acceptors (Lipinski definition) is 0. The monoisotopic (exact) mass is 635 g/mol. The van der Waals surface area contributed by atoms with Gasteiger partial charge in [0, 0.05) is 16.8 Å². The molecule has 0 aliphatic rings. The summed E-state index contributed by atoms with van der Waals surface area (Å²) >= 11 is 0. The van der Waals surface area contributed by atoms with Crippen LogP contribution in [0.15, 0.2) is 0 Å². The van der Waals surface area contributed by atoms with Gasteiger partial charge < -0.3 is 0 Å². The summed E-state index contributed by atoms with van der Waals surface area (Å²) in [5.74, 6) is 0. The third-order valence-electron chi connectivity index (χ3n) is 0. The molecule has 0 heterocycles. The molecule has 0 saturated carbocycles. The zero-order chi connectivity index (χ0) is 0. The van der Waals surface area contributed by atoms with Crippen molar-refractivity contribution in [2.75, 3.05) is 0 Å². The van der Waals surface area contributed by atoms with Crippen molar-refractivity contribution in [3.8, 4) is 0 Å². The van der Waals surface area contributed by atoms with E-state index in [2.05, 4.69) is 0 Å². The Hall–Kier alpha value is 3.88. The molecule has 37 valence electrons. The zero-order valence-corrected chi connectivity index (χ0v) is 17.1. The van der Waals surface area contributed by atoms with Gasteiger partial charge in [-0.05, 0) is 0 Å². The molecule has 0 aliphatic carbocycles. The van der Waals surface area contributed by atoms with Crippen LogP contribution in [0.25, 0.3) is 0 Å². The molecule has 0 atom stereocenters. The Morgan fingerprint density at radius 3 is 1.00 bits per heavy atom. The van der Waals surface area contributed by atoms with Crippen molar-refractivity contribution >= 4 is 100 Å². The minimum absolute atomic E-state index is 0. The molecule has 0 rings (SSSR count). The van der Waals surface area contributed by atoms with Crippen LogP contribution in [0.3, 0.4) is 0 Å². The first-order chi connectivity index (χ1) is 0. The molecule has 5 heavy (non-hydrogen) atoms. The third-order valence-corrected chi connectivity index (χ3v) is 0.